The quantitative estimate of drug-likeness (QED) is 0.675. The molecule has 2 saturated heterocycles. The van der Waals surface area contributed by atoms with Crippen molar-refractivity contribution in [3.63, 3.8) is 0 Å². The Bertz CT molecular complexity index is 330. The van der Waals surface area contributed by atoms with Gasteiger partial charge in [-0.2, -0.15) is 0 Å². The lowest BCUT2D eigenvalue weighted by Crippen LogP contribution is -2.52. The molecule has 0 aromatic heterocycles. The molecule has 0 aromatic rings. The van der Waals surface area contributed by atoms with Crippen LogP contribution < -0.4 is 0 Å². The molecule has 24 heavy (non-hydrogen) atoms. The summed E-state index contributed by atoms with van der Waals surface area (Å²) in [4.78, 5) is 4.97. The molecule has 2 heterocycles. The molecule has 0 spiro atoms. The van der Waals surface area contributed by atoms with Crippen LogP contribution >= 0.6 is 0 Å². The third kappa shape index (κ3) is 6.60. The topological polar surface area (TPSA) is 34.2 Å². The number of morpholine rings is 2. The van der Waals surface area contributed by atoms with E-state index in [1.165, 1.54) is 0 Å². The van der Waals surface area contributed by atoms with Crippen molar-refractivity contribution in [1.29, 1.82) is 0 Å². The molecule has 5 nitrogen and oxygen atoms in total. The first-order valence-corrected chi connectivity index (χ1v) is 9.75. The van der Waals surface area contributed by atoms with E-state index in [4.69, 9.17) is 14.2 Å². The van der Waals surface area contributed by atoms with Crippen LogP contribution in [0, 0.1) is 11.8 Å². The Morgan fingerprint density at radius 3 is 2.04 bits per heavy atom. The van der Waals surface area contributed by atoms with Crippen molar-refractivity contribution in [3.8, 4) is 0 Å². The molecule has 0 saturated carbocycles. The summed E-state index contributed by atoms with van der Waals surface area (Å²) >= 11 is 0. The molecule has 2 aliphatic heterocycles. The highest BCUT2D eigenvalue weighted by Gasteiger charge is 2.31. The summed E-state index contributed by atoms with van der Waals surface area (Å²) in [6.45, 7) is 19.9. The lowest BCUT2D eigenvalue weighted by atomic mass is 10.00. The molecule has 0 aromatic carbocycles. The fraction of sp³-hybridized carbons (Fsp3) is 1.00. The molecule has 5 heteroatoms. The van der Waals surface area contributed by atoms with Crippen molar-refractivity contribution < 1.29 is 14.2 Å². The predicted molar refractivity (Wildman–Crippen MR) is 97.5 cm³/mol. The standard InChI is InChI=1S/C19H38N2O3/c1-15(2)18-13-21(14-19(24-18)16(3)4)8-11-23-17(5)12-20-6-9-22-10-7-20/h15-19H,6-14H2,1-5H3. The van der Waals surface area contributed by atoms with Crippen molar-refractivity contribution in [2.24, 2.45) is 11.8 Å². The van der Waals surface area contributed by atoms with Crippen molar-refractivity contribution in [1.82, 2.24) is 9.80 Å². The van der Waals surface area contributed by atoms with Crippen LogP contribution in [0.1, 0.15) is 34.6 Å². The fourth-order valence-corrected chi connectivity index (χ4v) is 3.40. The first-order valence-electron chi connectivity index (χ1n) is 9.75. The summed E-state index contributed by atoms with van der Waals surface area (Å²) < 4.78 is 17.7. The highest BCUT2D eigenvalue weighted by Crippen LogP contribution is 2.21. The maximum Gasteiger partial charge on any atom is 0.0729 e. The Morgan fingerprint density at radius 1 is 0.917 bits per heavy atom. The molecule has 0 radical (unpaired) electrons. The highest BCUT2D eigenvalue weighted by molar-refractivity contribution is 4.81. The van der Waals surface area contributed by atoms with Crippen LogP contribution in [0.2, 0.25) is 0 Å². The summed E-state index contributed by atoms with van der Waals surface area (Å²) in [6.07, 6.45) is 0.972. The second kappa shape index (κ2) is 10.1. The lowest BCUT2D eigenvalue weighted by Gasteiger charge is -2.41. The van der Waals surface area contributed by atoms with Gasteiger partial charge in [0.25, 0.3) is 0 Å². The van der Waals surface area contributed by atoms with Gasteiger partial charge in [-0.15, -0.1) is 0 Å². The van der Waals surface area contributed by atoms with Crippen LogP contribution in [0.15, 0.2) is 0 Å². The van der Waals surface area contributed by atoms with Crippen molar-refractivity contribution in [3.05, 3.63) is 0 Å². The van der Waals surface area contributed by atoms with Crippen LogP contribution in [0.5, 0.6) is 0 Å². The summed E-state index contributed by atoms with van der Waals surface area (Å²) in [7, 11) is 0. The Kier molecular flexibility index (Phi) is 8.44. The zero-order chi connectivity index (χ0) is 17.5. The average Bonchev–Trinajstić information content (AvgIpc) is 2.55. The smallest absolute Gasteiger partial charge is 0.0729 e. The van der Waals surface area contributed by atoms with Crippen molar-refractivity contribution in [2.75, 3.05) is 59.1 Å². The first kappa shape index (κ1) is 20.1. The maximum absolute atomic E-state index is 6.27. The van der Waals surface area contributed by atoms with Gasteiger partial charge in [0, 0.05) is 39.3 Å². The normalized spacial score (nSPS) is 28.6. The van der Waals surface area contributed by atoms with Crippen molar-refractivity contribution >= 4 is 0 Å². The van der Waals surface area contributed by atoms with E-state index in [0.717, 1.165) is 59.1 Å². The van der Waals surface area contributed by atoms with Gasteiger partial charge in [-0.1, -0.05) is 27.7 Å². The number of hydrogen-bond acceptors (Lipinski definition) is 5. The molecule has 3 atom stereocenters. The summed E-state index contributed by atoms with van der Waals surface area (Å²) in [5.74, 6) is 1.13. The molecular formula is C19H38N2O3. The molecular weight excluding hydrogens is 304 g/mol. The van der Waals surface area contributed by atoms with Gasteiger partial charge in [0.15, 0.2) is 0 Å². The monoisotopic (exact) mass is 342 g/mol. The maximum atomic E-state index is 6.27. The minimum absolute atomic E-state index is 0.283. The lowest BCUT2D eigenvalue weighted by molar-refractivity contribution is -0.123. The molecule has 3 unspecified atom stereocenters. The van der Waals surface area contributed by atoms with Crippen LogP contribution in [-0.2, 0) is 14.2 Å². The van der Waals surface area contributed by atoms with Gasteiger partial charge in [0.2, 0.25) is 0 Å². The molecule has 0 N–H and O–H groups in total. The predicted octanol–water partition coefficient (Wildman–Crippen LogP) is 2.11. The molecule has 2 aliphatic rings. The number of rotatable bonds is 8. The number of nitrogens with zero attached hydrogens (tertiary/aromatic N) is 2. The van der Waals surface area contributed by atoms with E-state index in [0.29, 0.717) is 24.0 Å². The largest absolute Gasteiger partial charge is 0.379 e. The van der Waals surface area contributed by atoms with E-state index in [9.17, 15) is 0 Å². The zero-order valence-corrected chi connectivity index (χ0v) is 16.4. The van der Waals surface area contributed by atoms with Crippen LogP contribution in [0.25, 0.3) is 0 Å². The molecule has 2 rings (SSSR count). The van der Waals surface area contributed by atoms with E-state index < -0.39 is 0 Å². The molecule has 0 amide bonds. The fourth-order valence-electron chi connectivity index (χ4n) is 3.40. The second-order valence-electron chi connectivity index (χ2n) is 8.05. The molecule has 142 valence electrons. The Hall–Kier alpha value is -0.200. The average molecular weight is 343 g/mol. The van der Waals surface area contributed by atoms with E-state index in [1.807, 2.05) is 0 Å². The van der Waals surface area contributed by atoms with Gasteiger partial charge in [-0.05, 0) is 18.8 Å². The third-order valence-electron chi connectivity index (χ3n) is 5.14. The van der Waals surface area contributed by atoms with E-state index >= 15 is 0 Å². The summed E-state index contributed by atoms with van der Waals surface area (Å²) in [5, 5.41) is 0. The van der Waals surface area contributed by atoms with Gasteiger partial charge < -0.3 is 14.2 Å². The van der Waals surface area contributed by atoms with Gasteiger partial charge in [0.1, 0.15) is 0 Å². The summed E-state index contributed by atoms with van der Waals surface area (Å²) in [5.41, 5.74) is 0. The van der Waals surface area contributed by atoms with Crippen molar-refractivity contribution in [2.45, 2.75) is 52.9 Å². The molecule has 2 fully saturated rings. The second-order valence-corrected chi connectivity index (χ2v) is 8.05. The van der Waals surface area contributed by atoms with Gasteiger partial charge in [-0.25, -0.2) is 0 Å². The Labute approximate surface area is 148 Å². The van der Waals surface area contributed by atoms with E-state index in [1.54, 1.807) is 0 Å². The third-order valence-corrected chi connectivity index (χ3v) is 5.14. The number of ether oxygens (including phenoxy) is 3. The van der Waals surface area contributed by atoms with Gasteiger partial charge in [-0.3, -0.25) is 9.80 Å². The SMILES string of the molecule is CC(CN1CCOCC1)OCCN1CC(C(C)C)OC(C(C)C)C1. The van der Waals surface area contributed by atoms with E-state index in [-0.39, 0.29) is 6.10 Å². The van der Waals surface area contributed by atoms with Crippen LogP contribution in [0.3, 0.4) is 0 Å². The Morgan fingerprint density at radius 2 is 1.50 bits per heavy atom. The minimum Gasteiger partial charge on any atom is -0.379 e. The highest BCUT2D eigenvalue weighted by atomic mass is 16.5. The van der Waals surface area contributed by atoms with Gasteiger partial charge >= 0.3 is 0 Å². The van der Waals surface area contributed by atoms with E-state index in [2.05, 4.69) is 44.4 Å². The van der Waals surface area contributed by atoms with Crippen LogP contribution in [0.4, 0.5) is 0 Å². The number of hydrogen-bond donors (Lipinski definition) is 0. The zero-order valence-electron chi connectivity index (χ0n) is 16.4. The Balaban J connectivity index is 1.69. The van der Waals surface area contributed by atoms with Gasteiger partial charge in [0.05, 0.1) is 38.1 Å². The first-order chi connectivity index (χ1) is 11.5. The molecule has 0 bridgehead atoms. The summed E-state index contributed by atoms with van der Waals surface area (Å²) in [6, 6.07) is 0. The minimum atomic E-state index is 0.283. The van der Waals surface area contributed by atoms with Crippen LogP contribution in [-0.4, -0.2) is 87.2 Å². The molecule has 0 aliphatic carbocycles.